The van der Waals surface area contributed by atoms with Crippen molar-refractivity contribution < 1.29 is 14.3 Å². The van der Waals surface area contributed by atoms with E-state index < -0.39 is 0 Å². The van der Waals surface area contributed by atoms with Crippen molar-refractivity contribution in [1.29, 1.82) is 0 Å². The number of nitrogens with zero attached hydrogens (tertiary/aromatic N) is 2. The van der Waals surface area contributed by atoms with Crippen LogP contribution in [0.5, 0.6) is 0 Å². The molecular weight excluding hydrogens is 184 g/mol. The topological polar surface area (TPSA) is 42.0 Å². The summed E-state index contributed by atoms with van der Waals surface area (Å²) in [7, 11) is 1.57. The molecule has 0 radical (unpaired) electrons. The van der Waals surface area contributed by atoms with Crippen LogP contribution in [0.4, 0.5) is 4.79 Å². The van der Waals surface area contributed by atoms with Gasteiger partial charge in [0, 0.05) is 20.2 Å². The molecule has 1 aliphatic heterocycles. The van der Waals surface area contributed by atoms with Crippen LogP contribution in [0.25, 0.3) is 0 Å². The van der Waals surface area contributed by atoms with Crippen molar-refractivity contribution >= 4 is 6.03 Å². The van der Waals surface area contributed by atoms with E-state index in [2.05, 4.69) is 6.58 Å². The zero-order valence-electron chi connectivity index (χ0n) is 8.60. The maximum Gasteiger partial charge on any atom is 0.324 e. The second-order valence-electron chi connectivity index (χ2n) is 3.06. The van der Waals surface area contributed by atoms with Gasteiger partial charge in [0.05, 0.1) is 6.26 Å². The zero-order valence-corrected chi connectivity index (χ0v) is 8.60. The maximum atomic E-state index is 11.7. The van der Waals surface area contributed by atoms with E-state index in [-0.39, 0.29) is 12.3 Å². The lowest BCUT2D eigenvalue weighted by molar-refractivity contribution is 0.0366. The molecule has 14 heavy (non-hydrogen) atoms. The number of hydrogen-bond acceptors (Lipinski definition) is 3. The summed E-state index contributed by atoms with van der Waals surface area (Å²) in [4.78, 5) is 14.9. The fraction of sp³-hybridized carbons (Fsp3) is 0.667. The van der Waals surface area contributed by atoms with E-state index in [0.29, 0.717) is 19.8 Å². The first-order chi connectivity index (χ1) is 6.70. The monoisotopic (exact) mass is 200 g/mol. The molecule has 1 unspecified atom stereocenters. The van der Waals surface area contributed by atoms with Crippen LogP contribution in [0.1, 0.15) is 6.92 Å². The van der Waals surface area contributed by atoms with Crippen LogP contribution in [-0.2, 0) is 9.47 Å². The van der Waals surface area contributed by atoms with Gasteiger partial charge in [-0.15, -0.1) is 0 Å². The molecule has 0 aliphatic carbocycles. The molecule has 0 saturated carbocycles. The number of amides is 2. The van der Waals surface area contributed by atoms with Crippen LogP contribution < -0.4 is 0 Å². The minimum atomic E-state index is -0.262. The Hall–Kier alpha value is -1.23. The molecule has 0 aromatic heterocycles. The number of rotatable bonds is 5. The molecule has 1 heterocycles. The van der Waals surface area contributed by atoms with Gasteiger partial charge < -0.3 is 9.47 Å². The van der Waals surface area contributed by atoms with Crippen molar-refractivity contribution in [3.8, 4) is 0 Å². The first kappa shape index (κ1) is 10.8. The molecule has 2 amide bonds. The van der Waals surface area contributed by atoms with E-state index in [9.17, 15) is 4.79 Å². The van der Waals surface area contributed by atoms with Gasteiger partial charge in [-0.1, -0.05) is 6.58 Å². The second-order valence-corrected chi connectivity index (χ2v) is 3.06. The Kier molecular flexibility index (Phi) is 3.76. The van der Waals surface area contributed by atoms with Gasteiger partial charge in [0.25, 0.3) is 0 Å². The lowest BCUT2D eigenvalue weighted by Gasteiger charge is -2.23. The molecule has 0 N–H and O–H groups in total. The van der Waals surface area contributed by atoms with E-state index in [1.165, 1.54) is 6.26 Å². The minimum absolute atomic E-state index is 0.0544. The van der Waals surface area contributed by atoms with Crippen LogP contribution in [0, 0.1) is 0 Å². The van der Waals surface area contributed by atoms with Crippen molar-refractivity contribution in [3.63, 3.8) is 0 Å². The van der Waals surface area contributed by atoms with Crippen LogP contribution >= 0.6 is 0 Å². The third-order valence-corrected chi connectivity index (χ3v) is 2.14. The first-order valence-electron chi connectivity index (χ1n) is 4.51. The first-order valence-corrected chi connectivity index (χ1v) is 4.51. The highest BCUT2D eigenvalue weighted by Crippen LogP contribution is 2.12. The summed E-state index contributed by atoms with van der Waals surface area (Å²) in [5.41, 5.74) is 0. The summed E-state index contributed by atoms with van der Waals surface area (Å²) < 4.78 is 10.0. The summed E-state index contributed by atoms with van der Waals surface area (Å²) in [6.45, 7) is 6.94. The highest BCUT2D eigenvalue weighted by Gasteiger charge is 2.31. The molecule has 1 aliphatic rings. The maximum absolute atomic E-state index is 11.7. The normalized spacial score (nSPS) is 18.6. The number of urea groups is 1. The summed E-state index contributed by atoms with van der Waals surface area (Å²) >= 11 is 0. The average Bonchev–Trinajstić information content (AvgIpc) is 2.49. The van der Waals surface area contributed by atoms with Gasteiger partial charge in [0.15, 0.2) is 6.23 Å². The molecule has 0 bridgehead atoms. The Labute approximate surface area is 83.9 Å². The third-order valence-electron chi connectivity index (χ3n) is 2.14. The van der Waals surface area contributed by atoms with Crippen molar-refractivity contribution in [2.24, 2.45) is 0 Å². The molecule has 1 fully saturated rings. The van der Waals surface area contributed by atoms with Crippen LogP contribution in [0.2, 0.25) is 0 Å². The van der Waals surface area contributed by atoms with Gasteiger partial charge in [-0.2, -0.15) is 0 Å². The number of ether oxygens (including phenoxy) is 2. The fourth-order valence-electron chi connectivity index (χ4n) is 1.43. The molecule has 80 valence electrons. The molecule has 0 spiro atoms. The predicted octanol–water partition coefficient (Wildman–Crippen LogP) is 0.834. The molecule has 1 atom stereocenters. The van der Waals surface area contributed by atoms with E-state index in [1.54, 1.807) is 16.9 Å². The Bertz CT molecular complexity index is 220. The summed E-state index contributed by atoms with van der Waals surface area (Å²) in [6.07, 6.45) is 1.08. The van der Waals surface area contributed by atoms with Crippen molar-refractivity contribution in [2.75, 3.05) is 26.9 Å². The molecule has 5 heteroatoms. The molecule has 1 saturated heterocycles. The molecule has 0 aromatic rings. The Balaban J connectivity index is 2.50. The van der Waals surface area contributed by atoms with Gasteiger partial charge in [0.2, 0.25) is 0 Å². The van der Waals surface area contributed by atoms with Crippen LogP contribution in [-0.4, -0.2) is 49.0 Å². The molecule has 5 nitrogen and oxygen atoms in total. The van der Waals surface area contributed by atoms with Gasteiger partial charge >= 0.3 is 6.03 Å². The van der Waals surface area contributed by atoms with Gasteiger partial charge in [-0.05, 0) is 6.92 Å². The number of carbonyl (C=O) groups is 1. The zero-order chi connectivity index (χ0) is 10.6. The van der Waals surface area contributed by atoms with Crippen molar-refractivity contribution in [2.45, 2.75) is 13.2 Å². The standard InChI is InChI=1S/C9H16N2O3/c1-4-14-8(2)11-6-5-10(7-13-3)9(11)12/h4,8H,1,5-7H2,2-3H3. The predicted molar refractivity (Wildman–Crippen MR) is 51.4 cm³/mol. The van der Waals surface area contributed by atoms with Gasteiger partial charge in [0.1, 0.15) is 6.73 Å². The fourth-order valence-corrected chi connectivity index (χ4v) is 1.43. The molecular formula is C9H16N2O3. The number of methoxy groups -OCH3 is 1. The van der Waals surface area contributed by atoms with Crippen LogP contribution in [0.15, 0.2) is 12.8 Å². The lowest BCUT2D eigenvalue weighted by atomic mass is 10.5. The summed E-state index contributed by atoms with van der Waals surface area (Å²) in [6, 6.07) is -0.0544. The molecule has 1 rings (SSSR count). The second kappa shape index (κ2) is 4.85. The third kappa shape index (κ3) is 2.17. The van der Waals surface area contributed by atoms with Crippen molar-refractivity contribution in [1.82, 2.24) is 9.80 Å². The SMILES string of the molecule is C=COC(C)N1CCN(COC)C1=O. The number of carbonyl (C=O) groups excluding carboxylic acids is 1. The minimum Gasteiger partial charge on any atom is -0.479 e. The van der Waals surface area contributed by atoms with Crippen molar-refractivity contribution in [3.05, 3.63) is 12.8 Å². The lowest BCUT2D eigenvalue weighted by Crippen LogP contribution is -2.38. The van der Waals surface area contributed by atoms with E-state index in [1.807, 2.05) is 6.92 Å². The quantitative estimate of drug-likeness (QED) is 0.617. The summed E-state index contributed by atoms with van der Waals surface area (Å²) in [5.74, 6) is 0. The smallest absolute Gasteiger partial charge is 0.324 e. The highest BCUT2D eigenvalue weighted by atomic mass is 16.5. The van der Waals surface area contributed by atoms with E-state index >= 15 is 0 Å². The highest BCUT2D eigenvalue weighted by molar-refractivity contribution is 5.76. The molecule has 0 aromatic carbocycles. The van der Waals surface area contributed by atoms with E-state index in [4.69, 9.17) is 9.47 Å². The largest absolute Gasteiger partial charge is 0.479 e. The Morgan fingerprint density at radius 3 is 2.93 bits per heavy atom. The number of hydrogen-bond donors (Lipinski definition) is 0. The Morgan fingerprint density at radius 1 is 1.64 bits per heavy atom. The van der Waals surface area contributed by atoms with Gasteiger partial charge in [-0.25, -0.2) is 4.79 Å². The van der Waals surface area contributed by atoms with Crippen LogP contribution in [0.3, 0.4) is 0 Å². The Morgan fingerprint density at radius 2 is 2.36 bits per heavy atom. The van der Waals surface area contributed by atoms with E-state index in [0.717, 1.165) is 0 Å². The average molecular weight is 200 g/mol. The van der Waals surface area contributed by atoms with Gasteiger partial charge in [-0.3, -0.25) is 9.80 Å². The summed E-state index contributed by atoms with van der Waals surface area (Å²) in [5, 5.41) is 0.